The van der Waals surface area contributed by atoms with Crippen LogP contribution in [0.5, 0.6) is 0 Å². The summed E-state index contributed by atoms with van der Waals surface area (Å²) in [6.07, 6.45) is -1.09. The lowest BCUT2D eigenvalue weighted by Crippen LogP contribution is -2.45. The van der Waals surface area contributed by atoms with Crippen molar-refractivity contribution in [3.05, 3.63) is 68.1 Å². The number of amides is 1. The fourth-order valence-corrected chi connectivity index (χ4v) is 5.19. The van der Waals surface area contributed by atoms with Crippen molar-refractivity contribution < 1.29 is 18.0 Å². The first-order valence-electron chi connectivity index (χ1n) is 9.84. The highest BCUT2D eigenvalue weighted by atomic mass is 32.1. The molecule has 1 aromatic carbocycles. The van der Waals surface area contributed by atoms with E-state index in [9.17, 15) is 18.0 Å². The second-order valence-corrected chi connectivity index (χ2v) is 9.23. The van der Waals surface area contributed by atoms with E-state index in [0.717, 1.165) is 41.1 Å². The van der Waals surface area contributed by atoms with Gasteiger partial charge in [-0.1, -0.05) is 12.1 Å². The molecular weight excluding hydrogens is 445 g/mol. The molecule has 1 N–H and O–H groups in total. The third-order valence-corrected chi connectivity index (χ3v) is 7.19. The molecular formula is C21H21F3N4OS2. The van der Waals surface area contributed by atoms with Gasteiger partial charge in [-0.25, -0.2) is 4.98 Å². The first kappa shape index (κ1) is 21.9. The molecule has 1 aliphatic rings. The molecule has 31 heavy (non-hydrogen) atoms. The summed E-state index contributed by atoms with van der Waals surface area (Å²) < 4.78 is 38.8. The molecule has 0 radical (unpaired) electrons. The maximum Gasteiger partial charge on any atom is 0.416 e. The lowest BCUT2D eigenvalue weighted by atomic mass is 9.99. The number of likely N-dealkylation sites (tertiary alicyclic amines) is 1. The van der Waals surface area contributed by atoms with E-state index < -0.39 is 11.7 Å². The molecule has 0 spiro atoms. The summed E-state index contributed by atoms with van der Waals surface area (Å²) >= 11 is 2.82. The van der Waals surface area contributed by atoms with E-state index in [1.165, 1.54) is 34.8 Å². The molecule has 0 bridgehead atoms. The van der Waals surface area contributed by atoms with Gasteiger partial charge < -0.3 is 10.2 Å². The number of nitrogens with one attached hydrogen (secondary N) is 1. The monoisotopic (exact) mass is 466 g/mol. The third kappa shape index (κ3) is 4.97. The minimum absolute atomic E-state index is 0.0141. The first-order chi connectivity index (χ1) is 14.8. The predicted octanol–water partition coefficient (Wildman–Crippen LogP) is 4.91. The van der Waals surface area contributed by atoms with Crippen LogP contribution in [0.1, 0.15) is 50.3 Å². The second-order valence-electron chi connectivity index (χ2n) is 7.46. The van der Waals surface area contributed by atoms with Gasteiger partial charge >= 0.3 is 6.18 Å². The number of alkyl halides is 3. The fraction of sp³-hybridized carbons (Fsp3) is 0.381. The van der Waals surface area contributed by atoms with E-state index in [4.69, 9.17) is 0 Å². The Morgan fingerprint density at radius 3 is 2.42 bits per heavy atom. The van der Waals surface area contributed by atoms with Gasteiger partial charge in [0.15, 0.2) is 0 Å². The van der Waals surface area contributed by atoms with Gasteiger partial charge in [-0.05, 0) is 37.5 Å². The predicted molar refractivity (Wildman–Crippen MR) is 114 cm³/mol. The Kier molecular flexibility index (Phi) is 6.40. The quantitative estimate of drug-likeness (QED) is 0.581. The van der Waals surface area contributed by atoms with E-state index in [2.05, 4.69) is 15.3 Å². The Hall–Kier alpha value is -2.30. The Bertz CT molecular complexity index is 1010. The maximum absolute atomic E-state index is 12.9. The maximum atomic E-state index is 12.9. The number of nitrogens with zero attached hydrogens (tertiary/aromatic N) is 3. The molecule has 1 saturated heterocycles. The molecule has 1 aliphatic heterocycles. The van der Waals surface area contributed by atoms with Crippen molar-refractivity contribution in [2.75, 3.05) is 13.1 Å². The largest absolute Gasteiger partial charge is 0.416 e. The van der Waals surface area contributed by atoms with E-state index >= 15 is 0 Å². The number of carbonyl (C=O) groups excluding carboxylic acids is 1. The summed E-state index contributed by atoms with van der Waals surface area (Å²) in [4.78, 5) is 24.5. The SMILES string of the molecule is Cc1ncsc1C(=O)N1CCC(NC(c2ccc(C(F)(F)F)cc2)c2cncs2)CC1. The average Bonchev–Trinajstić information content (AvgIpc) is 3.43. The minimum atomic E-state index is -4.36. The van der Waals surface area contributed by atoms with E-state index in [1.54, 1.807) is 17.2 Å². The van der Waals surface area contributed by atoms with Crippen molar-refractivity contribution >= 4 is 28.6 Å². The number of piperidine rings is 1. The number of halogens is 3. The first-order valence-corrected chi connectivity index (χ1v) is 11.6. The number of rotatable bonds is 5. The second kappa shape index (κ2) is 9.05. The summed E-state index contributed by atoms with van der Waals surface area (Å²) in [6.45, 7) is 3.08. The van der Waals surface area contributed by atoms with E-state index in [0.29, 0.717) is 18.0 Å². The van der Waals surface area contributed by atoms with Crippen molar-refractivity contribution in [2.45, 2.75) is 38.0 Å². The molecule has 10 heteroatoms. The van der Waals surface area contributed by atoms with Crippen molar-refractivity contribution in [1.29, 1.82) is 0 Å². The molecule has 1 amide bonds. The van der Waals surface area contributed by atoms with Crippen LogP contribution < -0.4 is 5.32 Å². The summed E-state index contributed by atoms with van der Waals surface area (Å²) in [5.41, 5.74) is 4.25. The Labute approximate surface area is 186 Å². The van der Waals surface area contributed by atoms with Crippen molar-refractivity contribution in [1.82, 2.24) is 20.2 Å². The third-order valence-electron chi connectivity index (χ3n) is 5.43. The Morgan fingerprint density at radius 2 is 1.87 bits per heavy atom. The molecule has 1 atom stereocenters. The van der Waals surface area contributed by atoms with Crippen LogP contribution in [0.3, 0.4) is 0 Å². The zero-order valence-corrected chi connectivity index (χ0v) is 18.4. The molecule has 0 saturated carbocycles. The van der Waals surface area contributed by atoms with Gasteiger partial charge in [-0.15, -0.1) is 22.7 Å². The van der Waals surface area contributed by atoms with Crippen molar-refractivity contribution in [3.8, 4) is 0 Å². The number of hydrogen-bond donors (Lipinski definition) is 1. The number of hydrogen-bond acceptors (Lipinski definition) is 6. The van der Waals surface area contributed by atoms with Crippen molar-refractivity contribution in [3.63, 3.8) is 0 Å². The van der Waals surface area contributed by atoms with Gasteiger partial charge in [0.1, 0.15) is 4.88 Å². The topological polar surface area (TPSA) is 58.1 Å². The van der Waals surface area contributed by atoms with Gasteiger partial charge in [-0.2, -0.15) is 13.2 Å². The van der Waals surface area contributed by atoms with Crippen LogP contribution in [0, 0.1) is 6.92 Å². The molecule has 3 aromatic rings. The molecule has 4 rings (SSSR count). The summed E-state index contributed by atoms with van der Waals surface area (Å²) in [6, 6.07) is 5.16. The number of benzene rings is 1. The Balaban J connectivity index is 1.44. The molecule has 3 heterocycles. The molecule has 5 nitrogen and oxygen atoms in total. The van der Waals surface area contributed by atoms with Crippen LogP contribution in [-0.2, 0) is 6.18 Å². The van der Waals surface area contributed by atoms with E-state index in [-0.39, 0.29) is 18.0 Å². The van der Waals surface area contributed by atoms with Gasteiger partial charge in [0.25, 0.3) is 5.91 Å². The summed E-state index contributed by atoms with van der Waals surface area (Å²) in [5, 5.41) is 3.58. The zero-order chi connectivity index (χ0) is 22.0. The van der Waals surface area contributed by atoms with Crippen LogP contribution in [-0.4, -0.2) is 39.9 Å². The van der Waals surface area contributed by atoms with Gasteiger partial charge in [-0.3, -0.25) is 9.78 Å². The van der Waals surface area contributed by atoms with Crippen LogP contribution >= 0.6 is 22.7 Å². The molecule has 1 fully saturated rings. The van der Waals surface area contributed by atoms with Gasteiger partial charge in [0.05, 0.1) is 28.3 Å². The smallest absolute Gasteiger partial charge is 0.338 e. The zero-order valence-electron chi connectivity index (χ0n) is 16.7. The average molecular weight is 467 g/mol. The molecule has 164 valence electrons. The standard InChI is InChI=1S/C21H21F3N4OS2/c1-13-19(31-12-26-13)20(29)28-8-6-16(7-9-28)27-18(17-10-25-11-30-17)14-2-4-15(5-3-14)21(22,23)24/h2-5,10-12,16,18,27H,6-9H2,1H3. The number of aryl methyl sites for hydroxylation is 1. The van der Waals surface area contributed by atoms with Crippen LogP contribution in [0.25, 0.3) is 0 Å². The highest BCUT2D eigenvalue weighted by molar-refractivity contribution is 7.11. The van der Waals surface area contributed by atoms with Crippen molar-refractivity contribution in [2.24, 2.45) is 0 Å². The Morgan fingerprint density at radius 1 is 1.16 bits per heavy atom. The highest BCUT2D eigenvalue weighted by Gasteiger charge is 2.31. The minimum Gasteiger partial charge on any atom is -0.338 e. The van der Waals surface area contributed by atoms with Gasteiger partial charge in [0, 0.05) is 30.2 Å². The van der Waals surface area contributed by atoms with Crippen LogP contribution in [0.15, 0.2) is 41.5 Å². The van der Waals surface area contributed by atoms with Crippen LogP contribution in [0.2, 0.25) is 0 Å². The van der Waals surface area contributed by atoms with Gasteiger partial charge in [0.2, 0.25) is 0 Å². The number of carbonyl (C=O) groups is 1. The fourth-order valence-electron chi connectivity index (χ4n) is 3.71. The molecule has 0 aliphatic carbocycles. The molecule has 2 aromatic heterocycles. The number of aromatic nitrogens is 2. The van der Waals surface area contributed by atoms with Crippen LogP contribution in [0.4, 0.5) is 13.2 Å². The lowest BCUT2D eigenvalue weighted by molar-refractivity contribution is -0.137. The molecule has 1 unspecified atom stereocenters. The normalized spacial score (nSPS) is 16.5. The number of thiazole rings is 2. The highest BCUT2D eigenvalue weighted by Crippen LogP contribution is 2.32. The van der Waals surface area contributed by atoms with E-state index in [1.807, 2.05) is 11.8 Å². The summed E-state index contributed by atoms with van der Waals surface area (Å²) in [7, 11) is 0. The summed E-state index contributed by atoms with van der Waals surface area (Å²) in [5.74, 6) is 0.0141. The lowest BCUT2D eigenvalue weighted by Gasteiger charge is -2.34.